The van der Waals surface area contributed by atoms with Crippen molar-refractivity contribution in [3.8, 4) is 11.8 Å². The predicted molar refractivity (Wildman–Crippen MR) is 108 cm³/mol. The topological polar surface area (TPSA) is 66.8 Å². The van der Waals surface area contributed by atoms with Crippen molar-refractivity contribution in [1.29, 1.82) is 0 Å². The van der Waals surface area contributed by atoms with Crippen molar-refractivity contribution >= 4 is 5.97 Å². The van der Waals surface area contributed by atoms with Gasteiger partial charge in [-0.15, -0.1) is 0 Å². The maximum atomic E-state index is 11.0. The van der Waals surface area contributed by atoms with Crippen LogP contribution >= 0.6 is 0 Å². The first kappa shape index (κ1) is 23.2. The molecular weight excluding hydrogens is 340 g/mol. The number of aliphatic hydroxyl groups excluding tert-OH is 2. The van der Waals surface area contributed by atoms with Crippen LogP contribution in [0.1, 0.15) is 88.4 Å². The van der Waals surface area contributed by atoms with Crippen molar-refractivity contribution in [3.05, 3.63) is 35.4 Å². The SMILES string of the molecule is CCCCCCCCC(O)c1ccc(C#CC(O)CCCC(=O)OC)cc1. The predicted octanol–water partition coefficient (Wildman–Crippen LogP) is 4.53. The molecule has 0 spiro atoms. The van der Waals surface area contributed by atoms with E-state index in [9.17, 15) is 15.0 Å². The quantitative estimate of drug-likeness (QED) is 0.320. The first-order chi connectivity index (χ1) is 13.1. The van der Waals surface area contributed by atoms with E-state index in [1.807, 2.05) is 24.3 Å². The van der Waals surface area contributed by atoms with Gasteiger partial charge in [0, 0.05) is 12.0 Å². The van der Waals surface area contributed by atoms with Gasteiger partial charge in [0.2, 0.25) is 0 Å². The lowest BCUT2D eigenvalue weighted by Gasteiger charge is -2.11. The number of carbonyl (C=O) groups is 1. The molecular formula is C23H34O4. The van der Waals surface area contributed by atoms with Gasteiger partial charge in [0.25, 0.3) is 0 Å². The Labute approximate surface area is 163 Å². The number of ether oxygens (including phenoxy) is 1. The molecule has 0 aliphatic rings. The molecule has 0 aromatic heterocycles. The Hall–Kier alpha value is -1.83. The highest BCUT2D eigenvalue weighted by Crippen LogP contribution is 2.20. The molecule has 0 heterocycles. The molecule has 0 saturated carbocycles. The van der Waals surface area contributed by atoms with Crippen LogP contribution in [0.5, 0.6) is 0 Å². The zero-order valence-corrected chi connectivity index (χ0v) is 16.7. The minimum Gasteiger partial charge on any atom is -0.469 e. The fraction of sp³-hybridized carbons (Fsp3) is 0.609. The second-order valence-corrected chi connectivity index (χ2v) is 6.95. The van der Waals surface area contributed by atoms with E-state index in [1.165, 1.54) is 39.2 Å². The summed E-state index contributed by atoms with van der Waals surface area (Å²) < 4.78 is 4.56. The van der Waals surface area contributed by atoms with Crippen LogP contribution in [-0.2, 0) is 9.53 Å². The third-order valence-electron chi connectivity index (χ3n) is 4.60. The molecule has 2 N–H and O–H groups in total. The average molecular weight is 375 g/mol. The molecule has 2 unspecified atom stereocenters. The number of methoxy groups -OCH3 is 1. The summed E-state index contributed by atoms with van der Waals surface area (Å²) >= 11 is 0. The van der Waals surface area contributed by atoms with Crippen LogP contribution < -0.4 is 0 Å². The summed E-state index contributed by atoms with van der Waals surface area (Å²) in [6.45, 7) is 2.21. The highest BCUT2D eigenvalue weighted by Gasteiger charge is 2.07. The van der Waals surface area contributed by atoms with Gasteiger partial charge in [0.05, 0.1) is 13.2 Å². The summed E-state index contributed by atoms with van der Waals surface area (Å²) in [6.07, 6.45) is 8.19. The third kappa shape index (κ3) is 10.8. The van der Waals surface area contributed by atoms with Gasteiger partial charge in [-0.3, -0.25) is 4.79 Å². The normalized spacial score (nSPS) is 12.7. The molecule has 4 nitrogen and oxygen atoms in total. The lowest BCUT2D eigenvalue weighted by Crippen LogP contribution is -2.06. The Balaban J connectivity index is 2.35. The molecule has 0 fully saturated rings. The number of hydrogen-bond donors (Lipinski definition) is 2. The van der Waals surface area contributed by atoms with Gasteiger partial charge in [-0.2, -0.15) is 0 Å². The maximum absolute atomic E-state index is 11.0. The van der Waals surface area contributed by atoms with Crippen molar-refractivity contribution in [2.45, 2.75) is 83.3 Å². The summed E-state index contributed by atoms with van der Waals surface area (Å²) in [4.78, 5) is 11.0. The lowest BCUT2D eigenvalue weighted by molar-refractivity contribution is -0.140. The molecule has 2 atom stereocenters. The van der Waals surface area contributed by atoms with E-state index in [0.29, 0.717) is 19.3 Å². The largest absolute Gasteiger partial charge is 0.469 e. The van der Waals surface area contributed by atoms with Gasteiger partial charge in [-0.25, -0.2) is 0 Å². The Morgan fingerprint density at radius 2 is 1.67 bits per heavy atom. The van der Waals surface area contributed by atoms with E-state index in [0.717, 1.165) is 24.0 Å². The fourth-order valence-electron chi connectivity index (χ4n) is 2.85. The Morgan fingerprint density at radius 3 is 2.33 bits per heavy atom. The number of unbranched alkanes of at least 4 members (excludes halogenated alkanes) is 5. The average Bonchev–Trinajstić information content (AvgIpc) is 2.69. The lowest BCUT2D eigenvalue weighted by atomic mass is 10.0. The van der Waals surface area contributed by atoms with Gasteiger partial charge in [0.1, 0.15) is 6.10 Å². The number of benzene rings is 1. The summed E-state index contributed by atoms with van der Waals surface area (Å²) in [7, 11) is 1.35. The van der Waals surface area contributed by atoms with Crippen molar-refractivity contribution in [2.75, 3.05) is 7.11 Å². The van der Waals surface area contributed by atoms with E-state index in [1.54, 1.807) is 0 Å². The molecule has 27 heavy (non-hydrogen) atoms. The van der Waals surface area contributed by atoms with Crippen molar-refractivity contribution < 1.29 is 19.7 Å². The Bertz CT molecular complexity index is 583. The molecule has 4 heteroatoms. The highest BCUT2D eigenvalue weighted by molar-refractivity contribution is 5.69. The molecule has 1 aromatic carbocycles. The van der Waals surface area contributed by atoms with Gasteiger partial charge < -0.3 is 14.9 Å². The van der Waals surface area contributed by atoms with E-state index in [2.05, 4.69) is 23.5 Å². The van der Waals surface area contributed by atoms with Crippen molar-refractivity contribution in [2.24, 2.45) is 0 Å². The number of esters is 1. The minimum absolute atomic E-state index is 0.273. The molecule has 1 rings (SSSR count). The van der Waals surface area contributed by atoms with E-state index < -0.39 is 12.2 Å². The Morgan fingerprint density at radius 1 is 1.00 bits per heavy atom. The maximum Gasteiger partial charge on any atom is 0.305 e. The summed E-state index contributed by atoms with van der Waals surface area (Å²) in [5.41, 5.74) is 1.71. The number of hydrogen-bond acceptors (Lipinski definition) is 4. The second-order valence-electron chi connectivity index (χ2n) is 6.95. The molecule has 0 aliphatic carbocycles. The number of carbonyl (C=O) groups excluding carboxylic acids is 1. The molecule has 0 saturated heterocycles. The number of rotatable bonds is 12. The third-order valence-corrected chi connectivity index (χ3v) is 4.60. The second kappa shape index (κ2) is 14.3. The van der Waals surface area contributed by atoms with Gasteiger partial charge in [-0.1, -0.05) is 69.4 Å². The molecule has 0 aliphatic heterocycles. The van der Waals surface area contributed by atoms with Crippen LogP contribution in [0.3, 0.4) is 0 Å². The van der Waals surface area contributed by atoms with Gasteiger partial charge in [-0.05, 0) is 37.0 Å². The van der Waals surface area contributed by atoms with Crippen molar-refractivity contribution in [1.82, 2.24) is 0 Å². The van der Waals surface area contributed by atoms with Crippen molar-refractivity contribution in [3.63, 3.8) is 0 Å². The van der Waals surface area contributed by atoms with E-state index >= 15 is 0 Å². The van der Waals surface area contributed by atoms with E-state index in [-0.39, 0.29) is 5.97 Å². The van der Waals surface area contributed by atoms with Crippen LogP contribution in [-0.4, -0.2) is 29.4 Å². The Kier molecular flexibility index (Phi) is 12.3. The molecule has 1 aromatic rings. The van der Waals surface area contributed by atoms with Crippen LogP contribution in [0.25, 0.3) is 0 Å². The monoisotopic (exact) mass is 374 g/mol. The van der Waals surface area contributed by atoms with Crippen LogP contribution in [0.4, 0.5) is 0 Å². The fourth-order valence-corrected chi connectivity index (χ4v) is 2.85. The minimum atomic E-state index is -0.757. The van der Waals surface area contributed by atoms with Crippen LogP contribution in [0.2, 0.25) is 0 Å². The first-order valence-electron chi connectivity index (χ1n) is 10.1. The number of aliphatic hydroxyl groups is 2. The van der Waals surface area contributed by atoms with Gasteiger partial charge in [0.15, 0.2) is 0 Å². The van der Waals surface area contributed by atoms with Crippen LogP contribution in [0.15, 0.2) is 24.3 Å². The smallest absolute Gasteiger partial charge is 0.305 e. The molecule has 0 bridgehead atoms. The summed E-state index contributed by atoms with van der Waals surface area (Å²) in [6, 6.07) is 7.53. The first-order valence-corrected chi connectivity index (χ1v) is 10.1. The molecule has 0 amide bonds. The standard InChI is InChI=1S/C23H34O4/c1-3-4-5-6-7-8-11-22(25)20-16-13-19(14-17-20)15-18-21(24)10-9-12-23(26)27-2/h13-14,16-17,21-22,24-25H,3-12H2,1-2H3. The van der Waals surface area contributed by atoms with E-state index in [4.69, 9.17) is 0 Å². The summed E-state index contributed by atoms with van der Waals surface area (Å²) in [5, 5.41) is 20.1. The zero-order valence-electron chi connectivity index (χ0n) is 16.7. The van der Waals surface area contributed by atoms with Crippen LogP contribution in [0, 0.1) is 11.8 Å². The molecule has 0 radical (unpaired) electrons. The summed E-state index contributed by atoms with van der Waals surface area (Å²) in [5.74, 6) is 5.45. The highest BCUT2D eigenvalue weighted by atomic mass is 16.5. The molecule has 150 valence electrons. The zero-order chi connectivity index (χ0) is 19.9. The van der Waals surface area contributed by atoms with Gasteiger partial charge >= 0.3 is 5.97 Å².